The second kappa shape index (κ2) is 6.22. The van der Waals surface area contributed by atoms with Crippen molar-refractivity contribution in [2.45, 2.75) is 74.3 Å². The zero-order chi connectivity index (χ0) is 13.9. The van der Waals surface area contributed by atoms with E-state index in [4.69, 9.17) is 0 Å². The predicted octanol–water partition coefficient (Wildman–Crippen LogP) is 4.82. The van der Waals surface area contributed by atoms with Gasteiger partial charge in [0.1, 0.15) is 0 Å². The molecule has 0 radical (unpaired) electrons. The standard InChI is InChI=1S/C16H35N/c1-13(2)16(7,8)11-10-15(5,6)12-17(9)14(3)4/h13-14H,10-12H2,1-9H3. The van der Waals surface area contributed by atoms with Crippen molar-refractivity contribution in [2.75, 3.05) is 13.6 Å². The van der Waals surface area contributed by atoms with Crippen LogP contribution in [0.3, 0.4) is 0 Å². The molecule has 0 aliphatic rings. The third-order valence-corrected chi connectivity index (χ3v) is 4.57. The number of hydrogen-bond acceptors (Lipinski definition) is 1. The minimum absolute atomic E-state index is 0.422. The van der Waals surface area contributed by atoms with Gasteiger partial charge in [-0.3, -0.25) is 0 Å². The predicted molar refractivity (Wildman–Crippen MR) is 79.4 cm³/mol. The Balaban J connectivity index is 4.27. The van der Waals surface area contributed by atoms with Crippen LogP contribution in [0.1, 0.15) is 68.2 Å². The molecule has 0 rings (SSSR count). The van der Waals surface area contributed by atoms with Gasteiger partial charge in [-0.2, -0.15) is 0 Å². The molecule has 0 aliphatic carbocycles. The summed E-state index contributed by atoms with van der Waals surface area (Å²) in [6.45, 7) is 20.0. The van der Waals surface area contributed by atoms with Crippen molar-refractivity contribution in [3.8, 4) is 0 Å². The van der Waals surface area contributed by atoms with E-state index in [0.29, 0.717) is 16.9 Å². The smallest absolute Gasteiger partial charge is 0.00357 e. The van der Waals surface area contributed by atoms with E-state index in [2.05, 4.69) is 67.3 Å². The molecule has 0 fully saturated rings. The summed E-state index contributed by atoms with van der Waals surface area (Å²) in [7, 11) is 2.24. The van der Waals surface area contributed by atoms with Gasteiger partial charge >= 0.3 is 0 Å². The molecule has 0 aromatic carbocycles. The van der Waals surface area contributed by atoms with Gasteiger partial charge in [-0.05, 0) is 50.5 Å². The van der Waals surface area contributed by atoms with Gasteiger partial charge < -0.3 is 4.90 Å². The molecule has 0 bridgehead atoms. The minimum atomic E-state index is 0.422. The van der Waals surface area contributed by atoms with E-state index < -0.39 is 0 Å². The van der Waals surface area contributed by atoms with Crippen LogP contribution >= 0.6 is 0 Å². The van der Waals surface area contributed by atoms with Crippen molar-refractivity contribution >= 4 is 0 Å². The van der Waals surface area contributed by atoms with E-state index in [1.54, 1.807) is 0 Å². The zero-order valence-electron chi connectivity index (χ0n) is 13.7. The molecule has 0 amide bonds. The summed E-state index contributed by atoms with van der Waals surface area (Å²) in [6, 6.07) is 0.646. The van der Waals surface area contributed by atoms with Crippen LogP contribution in [0.2, 0.25) is 0 Å². The molecule has 17 heavy (non-hydrogen) atoms. The number of rotatable bonds is 7. The average molecular weight is 241 g/mol. The first-order valence-corrected chi connectivity index (χ1v) is 7.18. The van der Waals surface area contributed by atoms with Gasteiger partial charge in [-0.1, -0.05) is 41.5 Å². The second-order valence-corrected chi connectivity index (χ2v) is 7.82. The van der Waals surface area contributed by atoms with Crippen molar-refractivity contribution < 1.29 is 0 Å². The van der Waals surface area contributed by atoms with E-state index in [1.165, 1.54) is 19.4 Å². The highest BCUT2D eigenvalue weighted by Gasteiger charge is 2.27. The van der Waals surface area contributed by atoms with Gasteiger partial charge in [0.25, 0.3) is 0 Å². The third kappa shape index (κ3) is 6.45. The van der Waals surface area contributed by atoms with E-state index >= 15 is 0 Å². The summed E-state index contributed by atoms with van der Waals surface area (Å²) in [5.41, 5.74) is 0.888. The summed E-state index contributed by atoms with van der Waals surface area (Å²) in [6.07, 6.45) is 2.64. The Bertz CT molecular complexity index is 214. The Kier molecular flexibility index (Phi) is 6.21. The van der Waals surface area contributed by atoms with E-state index in [0.717, 1.165) is 5.92 Å². The van der Waals surface area contributed by atoms with Crippen LogP contribution in [-0.2, 0) is 0 Å². The maximum atomic E-state index is 2.46. The van der Waals surface area contributed by atoms with Gasteiger partial charge in [-0.25, -0.2) is 0 Å². The Morgan fingerprint density at radius 3 is 1.71 bits per heavy atom. The summed E-state index contributed by atoms with van der Waals surface area (Å²) >= 11 is 0. The lowest BCUT2D eigenvalue weighted by Gasteiger charge is -2.37. The highest BCUT2D eigenvalue weighted by atomic mass is 15.1. The topological polar surface area (TPSA) is 3.24 Å². The summed E-state index contributed by atoms with van der Waals surface area (Å²) in [5, 5.41) is 0. The van der Waals surface area contributed by atoms with Crippen LogP contribution in [0.5, 0.6) is 0 Å². The van der Waals surface area contributed by atoms with Crippen molar-refractivity contribution in [3.63, 3.8) is 0 Å². The molecule has 0 atom stereocenters. The highest BCUT2D eigenvalue weighted by Crippen LogP contribution is 2.36. The lowest BCUT2D eigenvalue weighted by atomic mass is 9.73. The van der Waals surface area contributed by atoms with Crippen LogP contribution in [0.25, 0.3) is 0 Å². The van der Waals surface area contributed by atoms with E-state index in [9.17, 15) is 0 Å². The fourth-order valence-electron chi connectivity index (χ4n) is 1.89. The SMILES string of the molecule is CC(C)N(C)CC(C)(C)CCC(C)(C)C(C)C. The fourth-order valence-corrected chi connectivity index (χ4v) is 1.89. The third-order valence-electron chi connectivity index (χ3n) is 4.57. The molecular weight excluding hydrogens is 206 g/mol. The van der Waals surface area contributed by atoms with Crippen LogP contribution in [0.4, 0.5) is 0 Å². The van der Waals surface area contributed by atoms with Gasteiger partial charge in [0.2, 0.25) is 0 Å². The maximum Gasteiger partial charge on any atom is 0.00357 e. The molecule has 0 aromatic rings. The van der Waals surface area contributed by atoms with Crippen LogP contribution < -0.4 is 0 Å². The number of hydrogen-bond donors (Lipinski definition) is 0. The van der Waals surface area contributed by atoms with Gasteiger partial charge in [0, 0.05) is 12.6 Å². The molecule has 0 unspecified atom stereocenters. The van der Waals surface area contributed by atoms with Crippen molar-refractivity contribution in [1.29, 1.82) is 0 Å². The first-order valence-electron chi connectivity index (χ1n) is 7.18. The molecule has 0 heterocycles. The van der Waals surface area contributed by atoms with E-state index in [1.807, 2.05) is 0 Å². The average Bonchev–Trinajstić information content (AvgIpc) is 2.14. The Hall–Kier alpha value is -0.0400. The Morgan fingerprint density at radius 2 is 1.35 bits per heavy atom. The quantitative estimate of drug-likeness (QED) is 0.618. The minimum Gasteiger partial charge on any atom is -0.303 e. The molecule has 1 heteroatoms. The van der Waals surface area contributed by atoms with Crippen molar-refractivity contribution in [1.82, 2.24) is 4.90 Å². The monoisotopic (exact) mass is 241 g/mol. The van der Waals surface area contributed by atoms with Gasteiger partial charge in [0.15, 0.2) is 0 Å². The summed E-state index contributed by atoms with van der Waals surface area (Å²) < 4.78 is 0. The molecule has 0 saturated carbocycles. The lowest BCUT2D eigenvalue weighted by Crippen LogP contribution is -2.36. The highest BCUT2D eigenvalue weighted by molar-refractivity contribution is 4.79. The Labute approximate surface area is 110 Å². The largest absolute Gasteiger partial charge is 0.303 e. The van der Waals surface area contributed by atoms with E-state index in [-0.39, 0.29) is 0 Å². The van der Waals surface area contributed by atoms with Gasteiger partial charge in [-0.15, -0.1) is 0 Å². The normalized spacial score (nSPS) is 14.1. The maximum absolute atomic E-state index is 2.46. The molecule has 0 aliphatic heterocycles. The summed E-state index contributed by atoms with van der Waals surface area (Å²) in [5.74, 6) is 0.765. The molecule has 0 spiro atoms. The zero-order valence-corrected chi connectivity index (χ0v) is 13.7. The Morgan fingerprint density at radius 1 is 0.882 bits per heavy atom. The first-order chi connectivity index (χ1) is 7.48. The van der Waals surface area contributed by atoms with Crippen LogP contribution in [-0.4, -0.2) is 24.5 Å². The number of nitrogens with zero attached hydrogens (tertiary/aromatic N) is 1. The van der Waals surface area contributed by atoms with Crippen LogP contribution in [0, 0.1) is 16.7 Å². The fraction of sp³-hybridized carbons (Fsp3) is 1.00. The molecule has 0 aromatic heterocycles. The molecule has 1 nitrogen and oxygen atoms in total. The van der Waals surface area contributed by atoms with Crippen molar-refractivity contribution in [3.05, 3.63) is 0 Å². The second-order valence-electron chi connectivity index (χ2n) is 7.82. The molecule has 104 valence electrons. The molecular formula is C16H35N. The first kappa shape index (κ1) is 17.0. The van der Waals surface area contributed by atoms with Crippen LogP contribution in [0.15, 0.2) is 0 Å². The summed E-state index contributed by atoms with van der Waals surface area (Å²) in [4.78, 5) is 2.46. The van der Waals surface area contributed by atoms with Gasteiger partial charge in [0.05, 0.1) is 0 Å². The van der Waals surface area contributed by atoms with Crippen molar-refractivity contribution in [2.24, 2.45) is 16.7 Å². The lowest BCUT2D eigenvalue weighted by molar-refractivity contribution is 0.132. The molecule has 0 saturated heterocycles. The molecule has 0 N–H and O–H groups in total.